The molecule has 0 fully saturated rings. The van der Waals surface area contributed by atoms with Crippen molar-refractivity contribution in [3.05, 3.63) is 71.8 Å². The van der Waals surface area contributed by atoms with Crippen LogP contribution in [0.25, 0.3) is 0 Å². The lowest BCUT2D eigenvalue weighted by atomic mass is 10.2. The van der Waals surface area contributed by atoms with E-state index >= 15 is 0 Å². The smallest absolute Gasteiger partial charge is 0.232 e. The molecule has 3 aromatic carbocycles. The number of para-hydroxylation sites is 2. The summed E-state index contributed by atoms with van der Waals surface area (Å²) in [5.74, 6) is 1.80. The number of amides is 1. The predicted molar refractivity (Wildman–Crippen MR) is 138 cm³/mol. The standard InChI is InChI=1S/C25H27ClN2O6S/c1-32-19-11-13-20(14-12-19)34-23-15-10-18(26)17-21(23)27-25(29)9-6-16-28(35(3,30)31)22-7-4-5-8-24(22)33-2/h4-5,7-8,10-15,17H,6,9,16H2,1-3H3,(H,27,29). The second-order valence-electron chi connectivity index (χ2n) is 7.58. The van der Waals surface area contributed by atoms with Crippen LogP contribution in [0.4, 0.5) is 11.4 Å². The van der Waals surface area contributed by atoms with E-state index in [2.05, 4.69) is 5.32 Å². The van der Waals surface area contributed by atoms with Crippen molar-refractivity contribution in [2.75, 3.05) is 36.6 Å². The molecule has 0 spiro atoms. The monoisotopic (exact) mass is 518 g/mol. The van der Waals surface area contributed by atoms with E-state index in [1.807, 2.05) is 0 Å². The van der Waals surface area contributed by atoms with E-state index in [-0.39, 0.29) is 25.3 Å². The first-order valence-electron chi connectivity index (χ1n) is 10.7. The second-order valence-corrected chi connectivity index (χ2v) is 9.92. The van der Waals surface area contributed by atoms with Gasteiger partial charge in [0.1, 0.15) is 17.2 Å². The van der Waals surface area contributed by atoms with Gasteiger partial charge in [-0.3, -0.25) is 9.10 Å². The number of carbonyl (C=O) groups excluding carboxylic acids is 1. The van der Waals surface area contributed by atoms with Crippen LogP contribution in [-0.4, -0.2) is 41.3 Å². The summed E-state index contributed by atoms with van der Waals surface area (Å²) in [5.41, 5.74) is 0.825. The molecule has 0 atom stereocenters. The summed E-state index contributed by atoms with van der Waals surface area (Å²) in [7, 11) is -0.531. The zero-order chi connectivity index (χ0) is 25.4. The topological polar surface area (TPSA) is 94.2 Å². The van der Waals surface area contributed by atoms with Crippen LogP contribution in [0, 0.1) is 0 Å². The fourth-order valence-corrected chi connectivity index (χ4v) is 4.50. The van der Waals surface area contributed by atoms with Crippen LogP contribution in [0.2, 0.25) is 5.02 Å². The van der Waals surface area contributed by atoms with Gasteiger partial charge in [0.25, 0.3) is 0 Å². The van der Waals surface area contributed by atoms with Gasteiger partial charge in [-0.2, -0.15) is 0 Å². The van der Waals surface area contributed by atoms with Gasteiger partial charge in [0.05, 0.1) is 31.9 Å². The molecule has 0 aromatic heterocycles. The Balaban J connectivity index is 1.67. The Bertz CT molecular complexity index is 1270. The lowest BCUT2D eigenvalue weighted by Gasteiger charge is -2.24. The van der Waals surface area contributed by atoms with Gasteiger partial charge >= 0.3 is 0 Å². The number of hydrogen-bond acceptors (Lipinski definition) is 6. The number of rotatable bonds is 11. The average Bonchev–Trinajstić information content (AvgIpc) is 2.83. The Labute approximate surface area is 210 Å². The lowest BCUT2D eigenvalue weighted by Crippen LogP contribution is -2.31. The summed E-state index contributed by atoms with van der Waals surface area (Å²) in [4.78, 5) is 12.7. The van der Waals surface area contributed by atoms with Crippen molar-refractivity contribution in [3.8, 4) is 23.0 Å². The molecule has 35 heavy (non-hydrogen) atoms. The molecule has 1 N–H and O–H groups in total. The third-order valence-corrected chi connectivity index (χ3v) is 6.44. The van der Waals surface area contributed by atoms with E-state index in [1.54, 1.807) is 73.8 Å². The maximum Gasteiger partial charge on any atom is 0.232 e. The first-order valence-corrected chi connectivity index (χ1v) is 13.0. The molecule has 0 radical (unpaired) electrons. The van der Waals surface area contributed by atoms with Crippen LogP contribution < -0.4 is 23.8 Å². The van der Waals surface area contributed by atoms with Crippen LogP contribution in [0.3, 0.4) is 0 Å². The molecule has 0 saturated heterocycles. The molecule has 0 aliphatic carbocycles. The fraction of sp³-hybridized carbons (Fsp3) is 0.240. The number of ether oxygens (including phenoxy) is 3. The quantitative estimate of drug-likeness (QED) is 0.368. The maximum absolute atomic E-state index is 12.7. The van der Waals surface area contributed by atoms with Crippen molar-refractivity contribution in [2.24, 2.45) is 0 Å². The molecule has 0 aliphatic heterocycles. The maximum atomic E-state index is 12.7. The van der Waals surface area contributed by atoms with Crippen molar-refractivity contribution >= 4 is 38.9 Å². The van der Waals surface area contributed by atoms with Crippen LogP contribution in [0.5, 0.6) is 23.0 Å². The summed E-state index contributed by atoms with van der Waals surface area (Å²) < 4.78 is 42.4. The Hall–Kier alpha value is -3.43. The molecule has 3 rings (SSSR count). The predicted octanol–water partition coefficient (Wildman–Crippen LogP) is 5.33. The van der Waals surface area contributed by atoms with Gasteiger partial charge < -0.3 is 19.5 Å². The number of benzene rings is 3. The Morgan fingerprint density at radius 2 is 1.63 bits per heavy atom. The van der Waals surface area contributed by atoms with Crippen molar-refractivity contribution in [1.29, 1.82) is 0 Å². The summed E-state index contributed by atoms with van der Waals surface area (Å²) >= 11 is 6.13. The SMILES string of the molecule is COc1ccc(Oc2ccc(Cl)cc2NC(=O)CCCN(c2ccccc2OC)S(C)(=O)=O)cc1. The molecule has 186 valence electrons. The largest absolute Gasteiger partial charge is 0.497 e. The molecule has 0 saturated carbocycles. The van der Waals surface area contributed by atoms with Gasteiger partial charge in [-0.25, -0.2) is 8.42 Å². The first-order chi connectivity index (χ1) is 16.7. The highest BCUT2D eigenvalue weighted by Crippen LogP contribution is 2.33. The molecule has 8 nitrogen and oxygen atoms in total. The summed E-state index contributed by atoms with van der Waals surface area (Å²) in [5, 5.41) is 3.24. The van der Waals surface area contributed by atoms with Crippen LogP contribution in [0.1, 0.15) is 12.8 Å². The second kappa shape index (κ2) is 11.8. The highest BCUT2D eigenvalue weighted by atomic mass is 35.5. The minimum atomic E-state index is -3.58. The average molecular weight is 519 g/mol. The molecular formula is C25H27ClN2O6S. The number of nitrogens with zero attached hydrogens (tertiary/aromatic N) is 1. The van der Waals surface area contributed by atoms with Crippen molar-refractivity contribution in [2.45, 2.75) is 12.8 Å². The molecule has 0 unspecified atom stereocenters. The number of anilines is 2. The minimum Gasteiger partial charge on any atom is -0.497 e. The summed E-state index contributed by atoms with van der Waals surface area (Å²) in [6, 6.07) is 18.8. The highest BCUT2D eigenvalue weighted by molar-refractivity contribution is 7.92. The third kappa shape index (κ3) is 7.27. The van der Waals surface area contributed by atoms with Gasteiger partial charge in [0, 0.05) is 18.0 Å². The number of carbonyl (C=O) groups is 1. The van der Waals surface area contributed by atoms with Gasteiger partial charge in [0.15, 0.2) is 5.75 Å². The van der Waals surface area contributed by atoms with Crippen molar-refractivity contribution in [3.63, 3.8) is 0 Å². The van der Waals surface area contributed by atoms with Gasteiger partial charge in [0.2, 0.25) is 15.9 Å². The molecule has 1 amide bonds. The van der Waals surface area contributed by atoms with E-state index in [1.165, 1.54) is 11.4 Å². The Kier molecular flexibility index (Phi) is 8.84. The van der Waals surface area contributed by atoms with E-state index in [4.69, 9.17) is 25.8 Å². The summed E-state index contributed by atoms with van der Waals surface area (Å²) in [6.45, 7) is 0.109. The Morgan fingerprint density at radius 1 is 0.943 bits per heavy atom. The van der Waals surface area contributed by atoms with Crippen molar-refractivity contribution in [1.82, 2.24) is 0 Å². The van der Waals surface area contributed by atoms with E-state index in [0.29, 0.717) is 39.4 Å². The van der Waals surface area contributed by atoms with Crippen LogP contribution >= 0.6 is 11.6 Å². The number of sulfonamides is 1. The Morgan fingerprint density at radius 3 is 2.29 bits per heavy atom. The third-order valence-electron chi connectivity index (χ3n) is 5.02. The van der Waals surface area contributed by atoms with E-state index in [0.717, 1.165) is 6.26 Å². The zero-order valence-electron chi connectivity index (χ0n) is 19.7. The van der Waals surface area contributed by atoms with Gasteiger partial charge in [-0.1, -0.05) is 23.7 Å². The first kappa shape index (κ1) is 26.2. The number of methoxy groups -OCH3 is 2. The molecule has 0 heterocycles. The number of hydrogen-bond donors (Lipinski definition) is 1. The van der Waals surface area contributed by atoms with E-state index < -0.39 is 10.0 Å². The highest BCUT2D eigenvalue weighted by Gasteiger charge is 2.21. The number of nitrogens with one attached hydrogen (secondary N) is 1. The molecule has 0 bridgehead atoms. The fourth-order valence-electron chi connectivity index (χ4n) is 3.36. The number of halogens is 1. The lowest BCUT2D eigenvalue weighted by molar-refractivity contribution is -0.116. The molecule has 10 heteroatoms. The molecular weight excluding hydrogens is 492 g/mol. The minimum absolute atomic E-state index is 0.0790. The summed E-state index contributed by atoms with van der Waals surface area (Å²) in [6.07, 6.45) is 1.48. The molecule has 3 aromatic rings. The van der Waals surface area contributed by atoms with Crippen molar-refractivity contribution < 1.29 is 27.4 Å². The van der Waals surface area contributed by atoms with Crippen LogP contribution in [-0.2, 0) is 14.8 Å². The van der Waals surface area contributed by atoms with Gasteiger partial charge in [-0.05, 0) is 61.0 Å². The molecule has 0 aliphatic rings. The van der Waals surface area contributed by atoms with Gasteiger partial charge in [-0.15, -0.1) is 0 Å². The van der Waals surface area contributed by atoms with Crippen LogP contribution in [0.15, 0.2) is 66.7 Å². The zero-order valence-corrected chi connectivity index (χ0v) is 21.2. The van der Waals surface area contributed by atoms with E-state index in [9.17, 15) is 13.2 Å². The normalized spacial score (nSPS) is 11.0.